The highest BCUT2D eigenvalue weighted by atomic mass is 16.3. The van der Waals surface area contributed by atoms with E-state index in [9.17, 15) is 14.7 Å². The molecular formula is C27H26N2O3. The number of benzene rings is 2. The lowest BCUT2D eigenvalue weighted by Crippen LogP contribution is -2.29. The third-order valence-electron chi connectivity index (χ3n) is 5.78. The van der Waals surface area contributed by atoms with Crippen LogP contribution in [0.2, 0.25) is 0 Å². The molecule has 3 aromatic rings. The third kappa shape index (κ3) is 4.06. The number of amides is 1. The van der Waals surface area contributed by atoms with Crippen LogP contribution in [0.3, 0.4) is 0 Å². The number of carbonyl (C=O) groups excluding carboxylic acids is 2. The Bertz CT molecular complexity index is 1160. The normalized spacial score (nSPS) is 18.2. The van der Waals surface area contributed by atoms with Gasteiger partial charge in [-0.2, -0.15) is 0 Å². The van der Waals surface area contributed by atoms with Gasteiger partial charge >= 0.3 is 0 Å². The molecule has 0 radical (unpaired) electrons. The number of Topliss-reactive ketones (excluding diaryl/α,β-unsaturated/α-hetero) is 1. The lowest BCUT2D eigenvalue weighted by molar-refractivity contribution is -0.140. The van der Waals surface area contributed by atoms with Crippen LogP contribution in [0.5, 0.6) is 0 Å². The number of aliphatic hydroxyl groups is 1. The summed E-state index contributed by atoms with van der Waals surface area (Å²) in [6, 6.07) is 20.0. The minimum absolute atomic E-state index is 0.0264. The van der Waals surface area contributed by atoms with E-state index < -0.39 is 17.7 Å². The van der Waals surface area contributed by atoms with E-state index >= 15 is 0 Å². The van der Waals surface area contributed by atoms with Crippen molar-refractivity contribution in [2.24, 2.45) is 0 Å². The van der Waals surface area contributed by atoms with Crippen LogP contribution < -0.4 is 0 Å². The minimum Gasteiger partial charge on any atom is -0.507 e. The number of aromatic nitrogens is 1. The van der Waals surface area contributed by atoms with Crippen LogP contribution in [0.1, 0.15) is 49.1 Å². The molecule has 0 saturated carbocycles. The van der Waals surface area contributed by atoms with Crippen LogP contribution in [0.4, 0.5) is 0 Å². The fourth-order valence-corrected chi connectivity index (χ4v) is 4.00. The van der Waals surface area contributed by atoms with Crippen molar-refractivity contribution in [1.29, 1.82) is 0 Å². The van der Waals surface area contributed by atoms with Crippen molar-refractivity contribution in [2.75, 3.05) is 0 Å². The van der Waals surface area contributed by atoms with Crippen molar-refractivity contribution in [2.45, 2.75) is 38.8 Å². The fourth-order valence-electron chi connectivity index (χ4n) is 4.00. The van der Waals surface area contributed by atoms with E-state index in [1.807, 2.05) is 54.6 Å². The molecule has 2 aromatic carbocycles. The summed E-state index contributed by atoms with van der Waals surface area (Å²) in [6.07, 6.45) is 3.09. The van der Waals surface area contributed by atoms with Crippen LogP contribution in [0.15, 0.2) is 84.7 Å². The van der Waals surface area contributed by atoms with Crippen molar-refractivity contribution in [1.82, 2.24) is 9.88 Å². The van der Waals surface area contributed by atoms with Gasteiger partial charge in [0.05, 0.1) is 11.6 Å². The Morgan fingerprint density at radius 3 is 2.16 bits per heavy atom. The molecule has 1 aliphatic rings. The molecule has 1 N–H and O–H groups in total. The topological polar surface area (TPSA) is 70.5 Å². The Kier molecular flexibility index (Phi) is 5.66. The predicted molar refractivity (Wildman–Crippen MR) is 124 cm³/mol. The summed E-state index contributed by atoms with van der Waals surface area (Å²) in [5.41, 5.74) is 3.37. The molecule has 5 heteroatoms. The maximum Gasteiger partial charge on any atom is 0.295 e. The molecule has 32 heavy (non-hydrogen) atoms. The highest BCUT2D eigenvalue weighted by Gasteiger charge is 2.46. The molecule has 162 valence electrons. The maximum absolute atomic E-state index is 13.1. The number of carbonyl (C=O) groups is 2. The van der Waals surface area contributed by atoms with E-state index in [0.717, 1.165) is 16.7 Å². The van der Waals surface area contributed by atoms with Crippen LogP contribution in [0.25, 0.3) is 5.76 Å². The third-order valence-corrected chi connectivity index (χ3v) is 5.78. The Morgan fingerprint density at radius 2 is 1.56 bits per heavy atom. The summed E-state index contributed by atoms with van der Waals surface area (Å²) in [5, 5.41) is 11.1. The second kappa shape index (κ2) is 8.42. The first-order valence-electron chi connectivity index (χ1n) is 10.6. The highest BCUT2D eigenvalue weighted by Crippen LogP contribution is 2.40. The van der Waals surface area contributed by atoms with Crippen LogP contribution in [-0.4, -0.2) is 26.7 Å². The number of hydrogen-bond donors (Lipinski definition) is 1. The van der Waals surface area contributed by atoms with Gasteiger partial charge in [-0.25, -0.2) is 0 Å². The zero-order valence-electron chi connectivity index (χ0n) is 18.4. The Hall–Kier alpha value is -3.73. The number of likely N-dealkylation sites (tertiary alicyclic amines) is 1. The molecule has 5 nitrogen and oxygen atoms in total. The first-order chi connectivity index (χ1) is 15.3. The van der Waals surface area contributed by atoms with Crippen molar-refractivity contribution >= 4 is 17.4 Å². The molecule has 1 fully saturated rings. The van der Waals surface area contributed by atoms with E-state index in [1.54, 1.807) is 24.5 Å². The molecule has 1 atom stereocenters. The molecule has 0 spiro atoms. The van der Waals surface area contributed by atoms with Gasteiger partial charge in [-0.15, -0.1) is 0 Å². The molecule has 2 heterocycles. The van der Waals surface area contributed by atoms with Crippen molar-refractivity contribution in [3.63, 3.8) is 0 Å². The number of rotatable bonds is 4. The molecule has 0 bridgehead atoms. The van der Waals surface area contributed by atoms with E-state index in [-0.39, 0.29) is 23.3 Å². The molecule has 4 rings (SSSR count). The van der Waals surface area contributed by atoms with Gasteiger partial charge in [0.25, 0.3) is 11.7 Å². The zero-order valence-corrected chi connectivity index (χ0v) is 18.4. The van der Waals surface area contributed by atoms with Gasteiger partial charge < -0.3 is 10.0 Å². The largest absolute Gasteiger partial charge is 0.507 e. The number of nitrogens with zero attached hydrogens (tertiary/aromatic N) is 2. The Balaban J connectivity index is 1.85. The molecule has 0 aliphatic carbocycles. The molecular weight excluding hydrogens is 400 g/mol. The number of aliphatic hydroxyl groups excluding tert-OH is 1. The van der Waals surface area contributed by atoms with E-state index in [0.29, 0.717) is 5.56 Å². The zero-order chi connectivity index (χ0) is 22.9. The number of hydrogen-bond acceptors (Lipinski definition) is 4. The van der Waals surface area contributed by atoms with Gasteiger partial charge in [0.2, 0.25) is 0 Å². The lowest BCUT2D eigenvalue weighted by atomic mass is 9.85. The van der Waals surface area contributed by atoms with Gasteiger partial charge in [-0.05, 0) is 34.2 Å². The molecule has 1 amide bonds. The quantitative estimate of drug-likeness (QED) is 0.362. The molecule has 1 unspecified atom stereocenters. The average Bonchev–Trinajstić information content (AvgIpc) is 3.04. The number of pyridine rings is 1. The summed E-state index contributed by atoms with van der Waals surface area (Å²) in [5.74, 6) is -1.49. The van der Waals surface area contributed by atoms with E-state index in [2.05, 4.69) is 25.8 Å². The standard InChI is InChI=1S/C27H26N2O3/c1-27(2,3)21-11-9-19(10-12-21)23-22(24(30)20-13-15-28-16-14-20)25(31)26(32)29(23)17-18-7-5-4-6-8-18/h4-16,23,30H,17H2,1-3H3. The summed E-state index contributed by atoms with van der Waals surface area (Å²) >= 11 is 0. The van der Waals surface area contributed by atoms with E-state index in [1.165, 1.54) is 4.90 Å². The SMILES string of the molecule is CC(C)(C)c1ccc(C2C(=C(O)c3ccncc3)C(=O)C(=O)N2Cc2ccccc2)cc1. The van der Waals surface area contributed by atoms with E-state index in [4.69, 9.17) is 0 Å². The fraction of sp³-hybridized carbons (Fsp3) is 0.222. The van der Waals surface area contributed by atoms with Crippen molar-refractivity contribution in [3.05, 3.63) is 107 Å². The number of ketones is 1. The monoisotopic (exact) mass is 426 g/mol. The van der Waals surface area contributed by atoms with Gasteiger partial charge in [0, 0.05) is 24.5 Å². The lowest BCUT2D eigenvalue weighted by Gasteiger charge is -2.26. The summed E-state index contributed by atoms with van der Waals surface area (Å²) < 4.78 is 0. The molecule has 1 aliphatic heterocycles. The second-order valence-corrected chi connectivity index (χ2v) is 9.02. The highest BCUT2D eigenvalue weighted by molar-refractivity contribution is 6.46. The summed E-state index contributed by atoms with van der Waals surface area (Å²) in [6.45, 7) is 6.66. The predicted octanol–water partition coefficient (Wildman–Crippen LogP) is 5.00. The van der Waals surface area contributed by atoms with Gasteiger partial charge in [0.15, 0.2) is 0 Å². The van der Waals surface area contributed by atoms with Gasteiger partial charge in [-0.3, -0.25) is 14.6 Å². The van der Waals surface area contributed by atoms with Crippen molar-refractivity contribution in [3.8, 4) is 0 Å². The van der Waals surface area contributed by atoms with Crippen molar-refractivity contribution < 1.29 is 14.7 Å². The molecule has 1 saturated heterocycles. The first kappa shape index (κ1) is 21.5. The van der Waals surface area contributed by atoms with Crippen LogP contribution >= 0.6 is 0 Å². The first-order valence-corrected chi connectivity index (χ1v) is 10.6. The smallest absolute Gasteiger partial charge is 0.295 e. The average molecular weight is 427 g/mol. The summed E-state index contributed by atoms with van der Waals surface area (Å²) in [4.78, 5) is 31.7. The maximum atomic E-state index is 13.1. The summed E-state index contributed by atoms with van der Waals surface area (Å²) in [7, 11) is 0. The van der Waals surface area contributed by atoms with Crippen LogP contribution in [-0.2, 0) is 21.5 Å². The second-order valence-electron chi connectivity index (χ2n) is 9.02. The van der Waals surface area contributed by atoms with Crippen LogP contribution in [0, 0.1) is 0 Å². The van der Waals surface area contributed by atoms with Gasteiger partial charge in [0.1, 0.15) is 5.76 Å². The van der Waals surface area contributed by atoms with Gasteiger partial charge in [-0.1, -0.05) is 75.4 Å². The molecule has 1 aromatic heterocycles. The Labute approximate surface area is 188 Å². The minimum atomic E-state index is -0.683. The Morgan fingerprint density at radius 1 is 0.938 bits per heavy atom.